The summed E-state index contributed by atoms with van der Waals surface area (Å²) >= 11 is 0. The molecule has 1 aliphatic rings. The van der Waals surface area contributed by atoms with E-state index in [9.17, 15) is 5.11 Å². The van der Waals surface area contributed by atoms with E-state index in [0.717, 1.165) is 24.5 Å². The van der Waals surface area contributed by atoms with Crippen molar-refractivity contribution in [2.24, 2.45) is 0 Å². The molecule has 2 rings (SSSR count). The minimum atomic E-state index is -0.731. The largest absolute Gasteiger partial charge is 0.387 e. The van der Waals surface area contributed by atoms with Crippen molar-refractivity contribution in [3.63, 3.8) is 0 Å². The van der Waals surface area contributed by atoms with Gasteiger partial charge in [-0.3, -0.25) is 0 Å². The summed E-state index contributed by atoms with van der Waals surface area (Å²) in [6, 6.07) is 5.67. The smallest absolute Gasteiger partial charge is 0.134 e. The van der Waals surface area contributed by atoms with E-state index in [1.807, 2.05) is 18.2 Å². The highest BCUT2D eigenvalue weighted by Crippen LogP contribution is 2.27. The number of hydrogen-bond acceptors (Lipinski definition) is 4. The zero-order valence-electron chi connectivity index (χ0n) is 9.84. The summed E-state index contributed by atoms with van der Waals surface area (Å²) in [5.74, 6) is 0.843. The molecular weight excluding hydrogens is 214 g/mol. The van der Waals surface area contributed by atoms with Gasteiger partial charge in [0.1, 0.15) is 5.82 Å². The lowest BCUT2D eigenvalue weighted by Crippen LogP contribution is -2.31. The van der Waals surface area contributed by atoms with Crippen LogP contribution in [0.5, 0.6) is 0 Å². The van der Waals surface area contributed by atoms with Crippen LogP contribution in [-0.2, 0) is 0 Å². The Kier molecular flexibility index (Phi) is 3.94. The zero-order chi connectivity index (χ0) is 12.1. The fourth-order valence-corrected chi connectivity index (χ4v) is 2.24. The van der Waals surface area contributed by atoms with Crippen LogP contribution in [0, 0.1) is 11.3 Å². The highest BCUT2D eigenvalue weighted by atomic mass is 16.3. The fourth-order valence-electron chi connectivity index (χ4n) is 2.24. The molecule has 0 aromatic carbocycles. The van der Waals surface area contributed by atoms with Crippen molar-refractivity contribution in [2.75, 3.05) is 18.0 Å². The Bertz CT molecular complexity index is 407. The summed E-state index contributed by atoms with van der Waals surface area (Å²) in [6.45, 7) is 1.98. The third kappa shape index (κ3) is 2.75. The van der Waals surface area contributed by atoms with E-state index in [2.05, 4.69) is 9.88 Å². The predicted molar refractivity (Wildman–Crippen MR) is 65.5 cm³/mol. The van der Waals surface area contributed by atoms with Crippen LogP contribution in [0.4, 0.5) is 5.82 Å². The monoisotopic (exact) mass is 231 g/mol. The Morgan fingerprint density at radius 1 is 1.41 bits per heavy atom. The van der Waals surface area contributed by atoms with E-state index in [1.54, 1.807) is 6.20 Å². The number of anilines is 1. The second kappa shape index (κ2) is 5.65. The molecule has 4 nitrogen and oxygen atoms in total. The first-order valence-electron chi connectivity index (χ1n) is 6.08. The standard InChI is InChI=1S/C13H17N3O/c14-7-6-12(17)11-5-4-8-15-13(11)16-9-2-1-3-10-16/h4-5,8,12,17H,1-3,6,9-10H2. The van der Waals surface area contributed by atoms with Crippen molar-refractivity contribution in [1.29, 1.82) is 5.26 Å². The molecule has 4 heteroatoms. The van der Waals surface area contributed by atoms with Crippen molar-refractivity contribution in [2.45, 2.75) is 31.8 Å². The van der Waals surface area contributed by atoms with Gasteiger partial charge in [-0.2, -0.15) is 5.26 Å². The van der Waals surface area contributed by atoms with Gasteiger partial charge in [0.25, 0.3) is 0 Å². The highest BCUT2D eigenvalue weighted by molar-refractivity contribution is 5.48. The maximum Gasteiger partial charge on any atom is 0.134 e. The first-order chi connectivity index (χ1) is 8.33. The second-order valence-corrected chi connectivity index (χ2v) is 4.34. The van der Waals surface area contributed by atoms with E-state index in [-0.39, 0.29) is 6.42 Å². The lowest BCUT2D eigenvalue weighted by Gasteiger charge is -2.30. The lowest BCUT2D eigenvalue weighted by molar-refractivity contribution is 0.183. The molecule has 1 aromatic heterocycles. The maximum atomic E-state index is 9.94. The Morgan fingerprint density at radius 3 is 2.88 bits per heavy atom. The third-order valence-corrected chi connectivity index (χ3v) is 3.12. The van der Waals surface area contributed by atoms with Gasteiger partial charge in [-0.05, 0) is 25.3 Å². The number of aliphatic hydroxyl groups excluding tert-OH is 1. The summed E-state index contributed by atoms with van der Waals surface area (Å²) in [7, 11) is 0. The Morgan fingerprint density at radius 2 is 2.18 bits per heavy atom. The SMILES string of the molecule is N#CCC(O)c1cccnc1N1CCCCC1. The molecule has 0 amide bonds. The summed E-state index contributed by atoms with van der Waals surface area (Å²) < 4.78 is 0. The van der Waals surface area contributed by atoms with Crippen molar-refractivity contribution in [3.8, 4) is 6.07 Å². The van der Waals surface area contributed by atoms with Crippen LogP contribution >= 0.6 is 0 Å². The van der Waals surface area contributed by atoms with Crippen molar-refractivity contribution in [3.05, 3.63) is 23.9 Å². The first kappa shape index (κ1) is 11.9. The number of nitriles is 1. The van der Waals surface area contributed by atoms with Crippen molar-refractivity contribution in [1.82, 2.24) is 4.98 Å². The number of piperidine rings is 1. The molecule has 17 heavy (non-hydrogen) atoms. The fraction of sp³-hybridized carbons (Fsp3) is 0.538. The average molecular weight is 231 g/mol. The number of aliphatic hydroxyl groups is 1. The van der Waals surface area contributed by atoms with Gasteiger partial charge in [-0.15, -0.1) is 0 Å². The number of nitrogens with zero attached hydrogens (tertiary/aromatic N) is 3. The van der Waals surface area contributed by atoms with Crippen LogP contribution < -0.4 is 4.90 Å². The van der Waals surface area contributed by atoms with Crippen LogP contribution in [0.3, 0.4) is 0 Å². The van der Waals surface area contributed by atoms with Gasteiger partial charge in [0.2, 0.25) is 0 Å². The van der Waals surface area contributed by atoms with Gasteiger partial charge in [0.15, 0.2) is 0 Å². The normalized spacial score (nSPS) is 17.5. The van der Waals surface area contributed by atoms with Crippen LogP contribution in [0.2, 0.25) is 0 Å². The van der Waals surface area contributed by atoms with Gasteiger partial charge < -0.3 is 10.0 Å². The molecule has 1 aliphatic heterocycles. The zero-order valence-corrected chi connectivity index (χ0v) is 9.84. The Hall–Kier alpha value is -1.60. The van der Waals surface area contributed by atoms with Gasteiger partial charge >= 0.3 is 0 Å². The predicted octanol–water partition coefficient (Wildman–Crippen LogP) is 2.02. The van der Waals surface area contributed by atoms with E-state index in [1.165, 1.54) is 19.3 Å². The average Bonchev–Trinajstić information content (AvgIpc) is 2.40. The summed E-state index contributed by atoms with van der Waals surface area (Å²) in [6.07, 6.45) is 4.73. The molecule has 1 saturated heterocycles. The summed E-state index contributed by atoms with van der Waals surface area (Å²) in [5, 5.41) is 18.6. The summed E-state index contributed by atoms with van der Waals surface area (Å²) in [4.78, 5) is 6.57. The van der Waals surface area contributed by atoms with Gasteiger partial charge in [-0.1, -0.05) is 6.07 Å². The molecule has 1 aromatic rings. The van der Waals surface area contributed by atoms with Crippen LogP contribution in [0.25, 0.3) is 0 Å². The molecule has 1 fully saturated rings. The molecule has 0 radical (unpaired) electrons. The van der Waals surface area contributed by atoms with E-state index >= 15 is 0 Å². The molecule has 1 N–H and O–H groups in total. The minimum absolute atomic E-state index is 0.118. The molecule has 1 atom stereocenters. The molecule has 0 bridgehead atoms. The van der Waals surface area contributed by atoms with Gasteiger partial charge in [-0.25, -0.2) is 4.98 Å². The first-order valence-corrected chi connectivity index (χ1v) is 6.08. The van der Waals surface area contributed by atoms with Gasteiger partial charge in [0.05, 0.1) is 18.6 Å². The lowest BCUT2D eigenvalue weighted by atomic mass is 10.1. The minimum Gasteiger partial charge on any atom is -0.387 e. The second-order valence-electron chi connectivity index (χ2n) is 4.34. The number of rotatable bonds is 3. The molecule has 0 spiro atoms. The van der Waals surface area contributed by atoms with E-state index < -0.39 is 6.10 Å². The Balaban J connectivity index is 2.23. The van der Waals surface area contributed by atoms with Crippen LogP contribution in [0.15, 0.2) is 18.3 Å². The quantitative estimate of drug-likeness (QED) is 0.864. The molecule has 2 heterocycles. The third-order valence-electron chi connectivity index (χ3n) is 3.12. The van der Waals surface area contributed by atoms with Crippen LogP contribution in [-0.4, -0.2) is 23.2 Å². The molecule has 0 aliphatic carbocycles. The number of hydrogen-bond donors (Lipinski definition) is 1. The van der Waals surface area contributed by atoms with Gasteiger partial charge in [0, 0.05) is 24.8 Å². The highest BCUT2D eigenvalue weighted by Gasteiger charge is 2.19. The van der Waals surface area contributed by atoms with Crippen LogP contribution in [0.1, 0.15) is 37.4 Å². The number of pyridine rings is 1. The van der Waals surface area contributed by atoms with E-state index in [4.69, 9.17) is 5.26 Å². The summed E-state index contributed by atoms with van der Waals surface area (Å²) in [5.41, 5.74) is 0.774. The van der Waals surface area contributed by atoms with Crippen molar-refractivity contribution < 1.29 is 5.11 Å². The number of aromatic nitrogens is 1. The molecular formula is C13H17N3O. The van der Waals surface area contributed by atoms with Crippen molar-refractivity contribution >= 4 is 5.82 Å². The molecule has 0 saturated carbocycles. The molecule has 1 unspecified atom stereocenters. The topological polar surface area (TPSA) is 60.1 Å². The van der Waals surface area contributed by atoms with E-state index in [0.29, 0.717) is 0 Å². The molecule has 90 valence electrons. The maximum absolute atomic E-state index is 9.94. The Labute approximate surface area is 102 Å².